The fourth-order valence-corrected chi connectivity index (χ4v) is 2.38. The van der Waals surface area contributed by atoms with Gasteiger partial charge in [0.1, 0.15) is 0 Å². The monoisotopic (exact) mass is 268 g/mol. The molecule has 1 saturated heterocycles. The Kier molecular flexibility index (Phi) is 5.45. The van der Waals surface area contributed by atoms with Crippen molar-refractivity contribution in [1.29, 1.82) is 0 Å². The number of rotatable bonds is 5. The van der Waals surface area contributed by atoms with Crippen molar-refractivity contribution in [3.05, 3.63) is 0 Å². The Morgan fingerprint density at radius 2 is 2.11 bits per heavy atom. The zero-order valence-corrected chi connectivity index (χ0v) is 12.5. The van der Waals surface area contributed by atoms with Crippen LogP contribution in [0.25, 0.3) is 0 Å². The number of aliphatic imine (C=N–C) groups is 1. The highest BCUT2D eigenvalue weighted by atomic mass is 16.5. The average molecular weight is 268 g/mol. The van der Waals surface area contributed by atoms with Crippen LogP contribution in [0.1, 0.15) is 27.2 Å². The molecular weight excluding hydrogens is 240 g/mol. The first-order valence-electron chi connectivity index (χ1n) is 7.57. The fourth-order valence-electron chi connectivity index (χ4n) is 2.38. The lowest BCUT2D eigenvalue weighted by Gasteiger charge is -2.31. The molecule has 0 aromatic heterocycles. The lowest BCUT2D eigenvalue weighted by molar-refractivity contribution is 0.0220. The van der Waals surface area contributed by atoms with Gasteiger partial charge < -0.3 is 15.4 Å². The smallest absolute Gasteiger partial charge is 0.191 e. The van der Waals surface area contributed by atoms with E-state index in [1.54, 1.807) is 0 Å². The van der Waals surface area contributed by atoms with Crippen LogP contribution in [-0.4, -0.2) is 62.3 Å². The number of morpholine rings is 1. The minimum Gasteiger partial charge on any atom is -0.379 e. The van der Waals surface area contributed by atoms with Crippen molar-refractivity contribution in [3.8, 4) is 0 Å². The van der Waals surface area contributed by atoms with Gasteiger partial charge in [-0.25, -0.2) is 0 Å². The summed E-state index contributed by atoms with van der Waals surface area (Å²) < 4.78 is 5.38. The molecule has 0 aromatic carbocycles. The summed E-state index contributed by atoms with van der Waals surface area (Å²) >= 11 is 0. The Balaban J connectivity index is 1.78. The molecule has 1 saturated carbocycles. The standard InChI is InChI=1S/C14H28N4O/c1-4-15-14(17-13-9-11(13)2)16-10-12(3)18-5-7-19-8-6-18/h11-13H,4-10H2,1-3H3,(H2,15,16,17). The lowest BCUT2D eigenvalue weighted by Crippen LogP contribution is -2.44. The molecular formula is C14H28N4O. The molecule has 3 unspecified atom stereocenters. The summed E-state index contributed by atoms with van der Waals surface area (Å²) in [5, 5.41) is 6.82. The molecule has 0 radical (unpaired) electrons. The first kappa shape index (κ1) is 14.6. The second-order valence-corrected chi connectivity index (χ2v) is 5.68. The maximum Gasteiger partial charge on any atom is 0.191 e. The topological polar surface area (TPSA) is 48.9 Å². The van der Waals surface area contributed by atoms with Gasteiger partial charge in [-0.1, -0.05) is 6.92 Å². The maximum atomic E-state index is 5.38. The molecule has 2 N–H and O–H groups in total. The summed E-state index contributed by atoms with van der Waals surface area (Å²) in [4.78, 5) is 7.17. The molecule has 1 aliphatic heterocycles. The third kappa shape index (κ3) is 4.66. The zero-order chi connectivity index (χ0) is 13.7. The largest absolute Gasteiger partial charge is 0.379 e. The van der Waals surface area contributed by atoms with Crippen LogP contribution in [0.4, 0.5) is 0 Å². The minimum absolute atomic E-state index is 0.482. The van der Waals surface area contributed by atoms with Crippen LogP contribution in [0, 0.1) is 5.92 Å². The number of ether oxygens (including phenoxy) is 1. The van der Waals surface area contributed by atoms with Crippen molar-refractivity contribution in [1.82, 2.24) is 15.5 Å². The van der Waals surface area contributed by atoms with E-state index >= 15 is 0 Å². The van der Waals surface area contributed by atoms with Crippen molar-refractivity contribution < 1.29 is 4.74 Å². The van der Waals surface area contributed by atoms with E-state index in [1.165, 1.54) is 6.42 Å². The molecule has 5 heteroatoms. The van der Waals surface area contributed by atoms with Crippen LogP contribution in [0.2, 0.25) is 0 Å². The number of hydrogen-bond donors (Lipinski definition) is 2. The number of nitrogens with zero attached hydrogens (tertiary/aromatic N) is 2. The fraction of sp³-hybridized carbons (Fsp3) is 0.929. The Hall–Kier alpha value is -0.810. The predicted octanol–water partition coefficient (Wildman–Crippen LogP) is 0.671. The van der Waals surface area contributed by atoms with E-state index in [4.69, 9.17) is 9.73 Å². The van der Waals surface area contributed by atoms with Crippen LogP contribution in [0.15, 0.2) is 4.99 Å². The van der Waals surface area contributed by atoms with Gasteiger partial charge in [0, 0.05) is 31.7 Å². The zero-order valence-electron chi connectivity index (χ0n) is 12.5. The third-order valence-corrected chi connectivity index (χ3v) is 3.96. The van der Waals surface area contributed by atoms with Gasteiger partial charge in [0.2, 0.25) is 0 Å². The van der Waals surface area contributed by atoms with Gasteiger partial charge >= 0.3 is 0 Å². The summed E-state index contributed by atoms with van der Waals surface area (Å²) in [6.07, 6.45) is 1.27. The van der Waals surface area contributed by atoms with Crippen molar-refractivity contribution >= 4 is 5.96 Å². The van der Waals surface area contributed by atoms with Gasteiger partial charge in [-0.3, -0.25) is 9.89 Å². The first-order chi connectivity index (χ1) is 9.20. The first-order valence-corrected chi connectivity index (χ1v) is 7.57. The van der Waals surface area contributed by atoms with Crippen molar-refractivity contribution in [2.45, 2.75) is 39.3 Å². The molecule has 1 aliphatic carbocycles. The van der Waals surface area contributed by atoms with Crippen molar-refractivity contribution in [2.75, 3.05) is 39.4 Å². The van der Waals surface area contributed by atoms with E-state index in [-0.39, 0.29) is 0 Å². The van der Waals surface area contributed by atoms with E-state index in [1.807, 2.05) is 0 Å². The van der Waals surface area contributed by atoms with Gasteiger partial charge in [0.15, 0.2) is 5.96 Å². The third-order valence-electron chi connectivity index (χ3n) is 3.96. The highest BCUT2D eigenvalue weighted by molar-refractivity contribution is 5.80. The summed E-state index contributed by atoms with van der Waals surface area (Å²) in [6, 6.07) is 1.10. The number of nitrogens with one attached hydrogen (secondary N) is 2. The van der Waals surface area contributed by atoms with E-state index < -0.39 is 0 Å². The van der Waals surface area contributed by atoms with E-state index in [0.29, 0.717) is 12.1 Å². The molecule has 5 nitrogen and oxygen atoms in total. The van der Waals surface area contributed by atoms with Crippen molar-refractivity contribution in [3.63, 3.8) is 0 Å². The molecule has 0 spiro atoms. The van der Waals surface area contributed by atoms with Crippen LogP contribution < -0.4 is 10.6 Å². The van der Waals surface area contributed by atoms with Crippen LogP contribution in [0.5, 0.6) is 0 Å². The Morgan fingerprint density at radius 3 is 2.68 bits per heavy atom. The van der Waals surface area contributed by atoms with Gasteiger partial charge in [-0.15, -0.1) is 0 Å². The molecule has 2 fully saturated rings. The Labute approximate surface area is 116 Å². The van der Waals surface area contributed by atoms with Gasteiger partial charge in [-0.2, -0.15) is 0 Å². The molecule has 0 bridgehead atoms. The number of hydrogen-bond acceptors (Lipinski definition) is 3. The highest BCUT2D eigenvalue weighted by Crippen LogP contribution is 2.28. The molecule has 0 aromatic rings. The highest BCUT2D eigenvalue weighted by Gasteiger charge is 2.33. The maximum absolute atomic E-state index is 5.38. The summed E-state index contributed by atoms with van der Waals surface area (Å²) in [5.74, 6) is 1.76. The SMILES string of the molecule is CCNC(=NCC(C)N1CCOCC1)NC1CC1C. The van der Waals surface area contributed by atoms with Gasteiger partial charge in [0.25, 0.3) is 0 Å². The Morgan fingerprint density at radius 1 is 1.42 bits per heavy atom. The van der Waals surface area contributed by atoms with Crippen LogP contribution in [-0.2, 0) is 4.74 Å². The number of guanidine groups is 1. The van der Waals surface area contributed by atoms with Gasteiger partial charge in [0.05, 0.1) is 19.8 Å². The normalized spacial score (nSPS) is 29.9. The summed E-state index contributed by atoms with van der Waals surface area (Å²) in [7, 11) is 0. The molecule has 0 amide bonds. The molecule has 2 aliphatic rings. The quantitative estimate of drug-likeness (QED) is 0.568. The molecule has 1 heterocycles. The average Bonchev–Trinajstić information content (AvgIpc) is 3.12. The van der Waals surface area contributed by atoms with Gasteiger partial charge in [-0.05, 0) is 26.2 Å². The van der Waals surface area contributed by atoms with E-state index in [9.17, 15) is 0 Å². The van der Waals surface area contributed by atoms with E-state index in [0.717, 1.165) is 51.3 Å². The minimum atomic E-state index is 0.482. The molecule has 3 atom stereocenters. The predicted molar refractivity (Wildman–Crippen MR) is 78.5 cm³/mol. The molecule has 19 heavy (non-hydrogen) atoms. The molecule has 110 valence electrons. The molecule has 2 rings (SSSR count). The Bertz CT molecular complexity index is 302. The second kappa shape index (κ2) is 7.10. The van der Waals surface area contributed by atoms with Crippen LogP contribution >= 0.6 is 0 Å². The second-order valence-electron chi connectivity index (χ2n) is 5.68. The van der Waals surface area contributed by atoms with Crippen LogP contribution in [0.3, 0.4) is 0 Å². The van der Waals surface area contributed by atoms with Crippen molar-refractivity contribution in [2.24, 2.45) is 10.9 Å². The summed E-state index contributed by atoms with van der Waals surface area (Å²) in [6.45, 7) is 12.2. The van der Waals surface area contributed by atoms with E-state index in [2.05, 4.69) is 36.3 Å². The summed E-state index contributed by atoms with van der Waals surface area (Å²) in [5.41, 5.74) is 0. The lowest BCUT2D eigenvalue weighted by atomic mass is 10.2.